The monoisotopic (exact) mass is 210 g/mol. The van der Waals surface area contributed by atoms with Gasteiger partial charge in [-0.05, 0) is 6.26 Å². The second kappa shape index (κ2) is 4.46. The third kappa shape index (κ3) is 1.90. The molecule has 1 heterocycles. The van der Waals surface area contributed by atoms with E-state index in [1.54, 1.807) is 17.0 Å². The summed E-state index contributed by atoms with van der Waals surface area (Å²) in [6.45, 7) is 7.42. The highest BCUT2D eigenvalue weighted by Gasteiger charge is 2.16. The van der Waals surface area contributed by atoms with Gasteiger partial charge in [0.25, 0.3) is 0 Å². The van der Waals surface area contributed by atoms with Gasteiger partial charge >= 0.3 is 0 Å². The van der Waals surface area contributed by atoms with Crippen molar-refractivity contribution >= 4 is 23.7 Å². The quantitative estimate of drug-likeness (QED) is 0.566. The molecular weight excluding hydrogens is 196 g/mol. The Morgan fingerprint density at radius 2 is 2.36 bits per heavy atom. The minimum atomic E-state index is -0.0138. The Kier molecular flexibility index (Phi) is 3.52. The van der Waals surface area contributed by atoms with Gasteiger partial charge in [-0.25, -0.2) is 4.98 Å². The Bertz CT molecular complexity index is 355. The minimum Gasteiger partial charge on any atom is -0.292 e. The van der Waals surface area contributed by atoms with Gasteiger partial charge in [0.05, 0.1) is 6.20 Å². The summed E-state index contributed by atoms with van der Waals surface area (Å²) in [5, 5.41) is 0.795. The van der Waals surface area contributed by atoms with E-state index in [4.69, 9.17) is 0 Å². The Morgan fingerprint density at radius 3 is 2.79 bits per heavy atom. The van der Waals surface area contributed by atoms with Gasteiger partial charge in [-0.1, -0.05) is 32.2 Å². The van der Waals surface area contributed by atoms with Gasteiger partial charge < -0.3 is 0 Å². The molecule has 76 valence electrons. The number of carbonyl (C=O) groups is 1. The number of hydrogen-bond donors (Lipinski definition) is 0. The van der Waals surface area contributed by atoms with Crippen LogP contribution in [-0.2, 0) is 0 Å². The van der Waals surface area contributed by atoms with Crippen LogP contribution in [0.15, 0.2) is 17.9 Å². The topological polar surface area (TPSA) is 34.9 Å². The molecule has 3 nitrogen and oxygen atoms in total. The van der Waals surface area contributed by atoms with Crippen molar-refractivity contribution in [1.29, 1.82) is 0 Å². The van der Waals surface area contributed by atoms with Gasteiger partial charge in [0.15, 0.2) is 10.9 Å². The number of ketones is 1. The van der Waals surface area contributed by atoms with E-state index >= 15 is 0 Å². The first-order valence-corrected chi connectivity index (χ1v) is 5.62. The second-order valence-electron chi connectivity index (χ2n) is 3.20. The van der Waals surface area contributed by atoms with Crippen LogP contribution in [0.25, 0.3) is 6.20 Å². The molecule has 0 aromatic carbocycles. The third-order valence-electron chi connectivity index (χ3n) is 1.90. The molecule has 14 heavy (non-hydrogen) atoms. The predicted molar refractivity (Wildman–Crippen MR) is 59.6 cm³/mol. The van der Waals surface area contributed by atoms with E-state index in [0.717, 1.165) is 5.16 Å². The molecule has 0 bridgehead atoms. The van der Waals surface area contributed by atoms with Crippen molar-refractivity contribution in [3.8, 4) is 0 Å². The predicted octanol–water partition coefficient (Wildman–Crippen LogP) is 2.54. The third-order valence-corrected chi connectivity index (χ3v) is 2.57. The maximum Gasteiger partial charge on any atom is 0.183 e. The maximum absolute atomic E-state index is 11.7. The highest BCUT2D eigenvalue weighted by Crippen LogP contribution is 2.18. The van der Waals surface area contributed by atoms with E-state index in [-0.39, 0.29) is 11.7 Å². The molecule has 0 atom stereocenters. The Hall–Kier alpha value is -1.03. The molecule has 4 heteroatoms. The first kappa shape index (κ1) is 11.0. The maximum atomic E-state index is 11.7. The van der Waals surface area contributed by atoms with Crippen molar-refractivity contribution in [2.75, 3.05) is 6.26 Å². The molecule has 0 fully saturated rings. The number of imidazole rings is 1. The number of Topliss-reactive ketones (excluding diaryl/α,β-unsaturated/α-hetero) is 1. The SMILES string of the molecule is C=Cn1c(C(=O)C(C)C)cnc1SC. The second-order valence-corrected chi connectivity index (χ2v) is 3.98. The lowest BCUT2D eigenvalue weighted by molar-refractivity contribution is 0.0932. The number of carbonyl (C=O) groups excluding carboxylic acids is 1. The van der Waals surface area contributed by atoms with Gasteiger partial charge in [-0.15, -0.1) is 0 Å². The van der Waals surface area contributed by atoms with Crippen molar-refractivity contribution in [1.82, 2.24) is 9.55 Å². The van der Waals surface area contributed by atoms with Crippen LogP contribution >= 0.6 is 11.8 Å². The van der Waals surface area contributed by atoms with Crippen LogP contribution in [0.3, 0.4) is 0 Å². The molecule has 0 saturated carbocycles. The summed E-state index contributed by atoms with van der Waals surface area (Å²) in [4.78, 5) is 15.9. The van der Waals surface area contributed by atoms with Gasteiger partial charge in [-0.3, -0.25) is 9.36 Å². The van der Waals surface area contributed by atoms with E-state index < -0.39 is 0 Å². The standard InChI is InChI=1S/C10H14N2OS/c1-5-12-8(9(13)7(2)3)6-11-10(12)14-4/h5-7H,1H2,2-4H3. The summed E-state index contributed by atoms with van der Waals surface area (Å²) in [6, 6.07) is 0. The largest absolute Gasteiger partial charge is 0.292 e. The summed E-state index contributed by atoms with van der Waals surface area (Å²) in [5.74, 6) is 0.0813. The van der Waals surface area contributed by atoms with Crippen molar-refractivity contribution in [2.24, 2.45) is 5.92 Å². The van der Waals surface area contributed by atoms with Crippen LogP contribution in [0.5, 0.6) is 0 Å². The first-order chi connectivity index (χ1) is 6.61. The van der Waals surface area contributed by atoms with Gasteiger partial charge in [0.1, 0.15) is 5.69 Å². The molecule has 0 aliphatic carbocycles. The van der Waals surface area contributed by atoms with E-state index in [0.29, 0.717) is 5.69 Å². The summed E-state index contributed by atoms with van der Waals surface area (Å²) in [5.41, 5.74) is 0.611. The molecule has 0 spiro atoms. The number of nitrogens with zero attached hydrogens (tertiary/aromatic N) is 2. The number of rotatable bonds is 4. The average molecular weight is 210 g/mol. The molecule has 0 aliphatic rings. The fourth-order valence-corrected chi connectivity index (χ4v) is 1.68. The fourth-order valence-electron chi connectivity index (χ4n) is 1.15. The zero-order chi connectivity index (χ0) is 10.7. The number of aromatic nitrogens is 2. The Morgan fingerprint density at radius 1 is 1.71 bits per heavy atom. The summed E-state index contributed by atoms with van der Waals surface area (Å²) >= 11 is 1.50. The molecule has 0 N–H and O–H groups in total. The normalized spacial score (nSPS) is 10.6. The van der Waals surface area contributed by atoms with Crippen molar-refractivity contribution in [3.05, 3.63) is 18.5 Å². The summed E-state index contributed by atoms with van der Waals surface area (Å²) in [7, 11) is 0. The number of thioether (sulfide) groups is 1. The van der Waals surface area contributed by atoms with Crippen molar-refractivity contribution in [3.63, 3.8) is 0 Å². The van der Waals surface area contributed by atoms with Crippen molar-refractivity contribution < 1.29 is 4.79 Å². The van der Waals surface area contributed by atoms with Gasteiger partial charge in [-0.2, -0.15) is 0 Å². The van der Waals surface area contributed by atoms with E-state index in [1.807, 2.05) is 20.1 Å². The van der Waals surface area contributed by atoms with Crippen LogP contribution in [0.2, 0.25) is 0 Å². The molecule has 1 aromatic heterocycles. The number of hydrogen-bond acceptors (Lipinski definition) is 3. The lowest BCUT2D eigenvalue weighted by Crippen LogP contribution is -2.11. The molecule has 0 amide bonds. The van der Waals surface area contributed by atoms with Crippen LogP contribution in [0, 0.1) is 5.92 Å². The zero-order valence-corrected chi connectivity index (χ0v) is 9.47. The molecular formula is C10H14N2OS. The average Bonchev–Trinajstić information content (AvgIpc) is 2.58. The molecule has 0 radical (unpaired) electrons. The van der Waals surface area contributed by atoms with E-state index in [2.05, 4.69) is 11.6 Å². The Balaban J connectivity index is 3.15. The van der Waals surface area contributed by atoms with Crippen molar-refractivity contribution in [2.45, 2.75) is 19.0 Å². The van der Waals surface area contributed by atoms with Crippen LogP contribution in [0.4, 0.5) is 0 Å². The minimum absolute atomic E-state index is 0.0138. The van der Waals surface area contributed by atoms with Gasteiger partial charge in [0, 0.05) is 12.1 Å². The van der Waals surface area contributed by atoms with Crippen LogP contribution in [-0.4, -0.2) is 21.6 Å². The zero-order valence-electron chi connectivity index (χ0n) is 8.65. The summed E-state index contributed by atoms with van der Waals surface area (Å²) < 4.78 is 1.73. The van der Waals surface area contributed by atoms with Crippen LogP contribution < -0.4 is 0 Å². The van der Waals surface area contributed by atoms with Crippen LogP contribution in [0.1, 0.15) is 24.3 Å². The molecule has 0 saturated heterocycles. The smallest absolute Gasteiger partial charge is 0.183 e. The molecule has 1 aromatic rings. The Labute approximate surface area is 88.2 Å². The lowest BCUT2D eigenvalue weighted by Gasteiger charge is -2.05. The molecule has 0 unspecified atom stereocenters. The van der Waals surface area contributed by atoms with Gasteiger partial charge in [0.2, 0.25) is 0 Å². The fraction of sp³-hybridized carbons (Fsp3) is 0.400. The van der Waals surface area contributed by atoms with E-state index in [1.165, 1.54) is 11.8 Å². The molecule has 0 aliphatic heterocycles. The molecule has 1 rings (SSSR count). The first-order valence-electron chi connectivity index (χ1n) is 4.39. The highest BCUT2D eigenvalue weighted by molar-refractivity contribution is 7.98. The lowest BCUT2D eigenvalue weighted by atomic mass is 10.1. The highest BCUT2D eigenvalue weighted by atomic mass is 32.2. The van der Waals surface area contributed by atoms with E-state index in [9.17, 15) is 4.79 Å². The summed E-state index contributed by atoms with van der Waals surface area (Å²) in [6.07, 6.45) is 5.15.